The number of carbonyl (C=O) groups is 2. The lowest BCUT2D eigenvalue weighted by atomic mass is 10.1. The van der Waals surface area contributed by atoms with Crippen molar-refractivity contribution in [1.29, 1.82) is 0 Å². The number of para-hydroxylation sites is 1. The van der Waals surface area contributed by atoms with Crippen LogP contribution in [-0.2, 0) is 4.79 Å². The quantitative estimate of drug-likeness (QED) is 0.848. The number of nitrogens with zero attached hydrogens (tertiary/aromatic N) is 1. The number of halogens is 2. The highest BCUT2D eigenvalue weighted by Gasteiger charge is 2.35. The number of hydrogen-bond acceptors (Lipinski definition) is 3. The standard InChI is InChI=1S/C18H16BrFN2O3/c1-25-11-6-7-13(19)12(10-11)17(23)21-15-8-9-22(18(15)24)16-5-3-2-4-14(16)20/h2-7,10,15H,8-9H2,1H3,(H,21,23). The summed E-state index contributed by atoms with van der Waals surface area (Å²) in [5.41, 5.74) is 0.600. The Balaban J connectivity index is 1.75. The number of benzene rings is 2. The zero-order chi connectivity index (χ0) is 18.0. The predicted octanol–water partition coefficient (Wildman–Crippen LogP) is 3.13. The molecule has 1 aliphatic heterocycles. The second kappa shape index (κ2) is 7.23. The van der Waals surface area contributed by atoms with Crippen LogP contribution in [0.15, 0.2) is 46.9 Å². The first-order valence-electron chi connectivity index (χ1n) is 7.71. The Morgan fingerprint density at radius 1 is 1.32 bits per heavy atom. The monoisotopic (exact) mass is 406 g/mol. The first kappa shape index (κ1) is 17.4. The summed E-state index contributed by atoms with van der Waals surface area (Å²) >= 11 is 3.32. The van der Waals surface area contributed by atoms with E-state index in [2.05, 4.69) is 21.2 Å². The molecule has 0 spiro atoms. The van der Waals surface area contributed by atoms with E-state index < -0.39 is 11.9 Å². The first-order valence-corrected chi connectivity index (χ1v) is 8.51. The maximum absolute atomic E-state index is 13.9. The lowest BCUT2D eigenvalue weighted by Gasteiger charge is -2.18. The van der Waals surface area contributed by atoms with Crippen LogP contribution in [0.1, 0.15) is 16.8 Å². The third-order valence-electron chi connectivity index (χ3n) is 4.07. The van der Waals surface area contributed by atoms with Crippen LogP contribution in [0.4, 0.5) is 10.1 Å². The predicted molar refractivity (Wildman–Crippen MR) is 95.3 cm³/mol. The van der Waals surface area contributed by atoms with Crippen LogP contribution in [0.5, 0.6) is 5.75 Å². The third-order valence-corrected chi connectivity index (χ3v) is 4.76. The minimum atomic E-state index is -0.690. The molecule has 0 saturated carbocycles. The molecular formula is C18H16BrFN2O3. The molecule has 2 amide bonds. The molecule has 1 saturated heterocycles. The molecule has 1 aliphatic rings. The molecule has 1 heterocycles. The van der Waals surface area contributed by atoms with E-state index in [1.54, 1.807) is 36.4 Å². The minimum absolute atomic E-state index is 0.229. The molecule has 1 N–H and O–H groups in total. The van der Waals surface area contributed by atoms with Gasteiger partial charge < -0.3 is 15.0 Å². The van der Waals surface area contributed by atoms with Gasteiger partial charge in [0.05, 0.1) is 18.4 Å². The largest absolute Gasteiger partial charge is 0.497 e. The minimum Gasteiger partial charge on any atom is -0.497 e. The summed E-state index contributed by atoms with van der Waals surface area (Å²) in [5, 5.41) is 2.72. The number of hydrogen-bond donors (Lipinski definition) is 1. The number of ether oxygens (including phenoxy) is 1. The fraction of sp³-hybridized carbons (Fsp3) is 0.222. The smallest absolute Gasteiger partial charge is 0.253 e. The second-order valence-electron chi connectivity index (χ2n) is 5.60. The van der Waals surface area contributed by atoms with Crippen molar-refractivity contribution >= 4 is 33.4 Å². The highest BCUT2D eigenvalue weighted by molar-refractivity contribution is 9.10. The van der Waals surface area contributed by atoms with Crippen LogP contribution in [-0.4, -0.2) is 31.5 Å². The summed E-state index contributed by atoms with van der Waals surface area (Å²) in [4.78, 5) is 26.4. The van der Waals surface area contributed by atoms with Gasteiger partial charge in [-0.2, -0.15) is 0 Å². The second-order valence-corrected chi connectivity index (χ2v) is 6.46. The van der Waals surface area contributed by atoms with Crippen LogP contribution in [0, 0.1) is 5.82 Å². The van der Waals surface area contributed by atoms with Crippen molar-refractivity contribution in [2.45, 2.75) is 12.5 Å². The topological polar surface area (TPSA) is 58.6 Å². The van der Waals surface area contributed by atoms with Gasteiger partial charge in [-0.3, -0.25) is 9.59 Å². The van der Waals surface area contributed by atoms with E-state index in [0.717, 1.165) is 0 Å². The lowest BCUT2D eigenvalue weighted by Crippen LogP contribution is -2.41. The van der Waals surface area contributed by atoms with Crippen molar-refractivity contribution in [2.24, 2.45) is 0 Å². The molecule has 2 aromatic rings. The van der Waals surface area contributed by atoms with E-state index in [4.69, 9.17) is 4.74 Å². The van der Waals surface area contributed by atoms with Gasteiger partial charge in [-0.1, -0.05) is 12.1 Å². The van der Waals surface area contributed by atoms with Gasteiger partial charge >= 0.3 is 0 Å². The van der Waals surface area contributed by atoms with Gasteiger partial charge in [0, 0.05) is 11.0 Å². The number of anilines is 1. The highest BCUT2D eigenvalue weighted by atomic mass is 79.9. The van der Waals surface area contributed by atoms with Crippen LogP contribution >= 0.6 is 15.9 Å². The van der Waals surface area contributed by atoms with Crippen LogP contribution < -0.4 is 15.0 Å². The molecule has 3 rings (SSSR count). The molecule has 25 heavy (non-hydrogen) atoms. The number of methoxy groups -OCH3 is 1. The van der Waals surface area contributed by atoms with E-state index in [1.807, 2.05) is 0 Å². The summed E-state index contributed by atoms with van der Waals surface area (Å²) in [5.74, 6) is -0.630. The van der Waals surface area contributed by atoms with E-state index >= 15 is 0 Å². The van der Waals surface area contributed by atoms with Gasteiger partial charge in [-0.25, -0.2) is 4.39 Å². The molecule has 0 aliphatic carbocycles. The Kier molecular flexibility index (Phi) is 5.03. The normalized spacial score (nSPS) is 16.8. The molecule has 7 heteroatoms. The van der Waals surface area contributed by atoms with E-state index in [0.29, 0.717) is 28.8 Å². The highest BCUT2D eigenvalue weighted by Crippen LogP contribution is 2.26. The number of nitrogens with one attached hydrogen (secondary N) is 1. The molecule has 0 bridgehead atoms. The molecule has 2 aromatic carbocycles. The van der Waals surface area contributed by atoms with Crippen LogP contribution in [0.25, 0.3) is 0 Å². The van der Waals surface area contributed by atoms with E-state index in [1.165, 1.54) is 18.1 Å². The van der Waals surface area contributed by atoms with Crippen molar-refractivity contribution in [1.82, 2.24) is 5.32 Å². The van der Waals surface area contributed by atoms with E-state index in [9.17, 15) is 14.0 Å². The number of rotatable bonds is 4. The zero-order valence-electron chi connectivity index (χ0n) is 13.5. The number of amides is 2. The Labute approximate surface area is 152 Å². The molecule has 0 radical (unpaired) electrons. The van der Waals surface area contributed by atoms with Crippen LogP contribution in [0.2, 0.25) is 0 Å². The summed E-state index contributed by atoms with van der Waals surface area (Å²) in [6.45, 7) is 0.351. The molecule has 1 unspecified atom stereocenters. The molecule has 5 nitrogen and oxygen atoms in total. The maximum atomic E-state index is 13.9. The van der Waals surface area contributed by atoms with Crippen LogP contribution in [0.3, 0.4) is 0 Å². The SMILES string of the molecule is COc1ccc(Br)c(C(=O)NC2CCN(c3ccccc3F)C2=O)c1. The Morgan fingerprint density at radius 3 is 2.80 bits per heavy atom. The first-order chi connectivity index (χ1) is 12.0. The van der Waals surface area contributed by atoms with Gasteiger partial charge in [-0.05, 0) is 52.7 Å². The van der Waals surface area contributed by atoms with Crippen molar-refractivity contribution < 1.29 is 18.7 Å². The van der Waals surface area contributed by atoms with Crippen molar-refractivity contribution in [3.63, 3.8) is 0 Å². The summed E-state index contributed by atoms with van der Waals surface area (Å²) in [6, 6.07) is 10.4. The number of carbonyl (C=O) groups excluding carboxylic acids is 2. The van der Waals surface area contributed by atoms with Gasteiger partial charge in [-0.15, -0.1) is 0 Å². The lowest BCUT2D eigenvalue weighted by molar-refractivity contribution is -0.118. The Morgan fingerprint density at radius 2 is 2.08 bits per heavy atom. The van der Waals surface area contributed by atoms with Gasteiger partial charge in [0.25, 0.3) is 5.91 Å². The molecular weight excluding hydrogens is 391 g/mol. The maximum Gasteiger partial charge on any atom is 0.253 e. The van der Waals surface area contributed by atoms with Crippen molar-refractivity contribution in [3.05, 3.63) is 58.3 Å². The van der Waals surface area contributed by atoms with E-state index in [-0.39, 0.29) is 17.5 Å². The Hall–Kier alpha value is -2.41. The third kappa shape index (κ3) is 3.51. The van der Waals surface area contributed by atoms with Gasteiger partial charge in [0.1, 0.15) is 17.6 Å². The fourth-order valence-corrected chi connectivity index (χ4v) is 3.19. The van der Waals surface area contributed by atoms with Crippen molar-refractivity contribution in [3.8, 4) is 5.75 Å². The Bertz CT molecular complexity index is 828. The summed E-state index contributed by atoms with van der Waals surface area (Å²) in [7, 11) is 1.51. The van der Waals surface area contributed by atoms with Gasteiger partial charge in [0.2, 0.25) is 5.91 Å². The molecule has 130 valence electrons. The van der Waals surface area contributed by atoms with Gasteiger partial charge in [0.15, 0.2) is 0 Å². The summed E-state index contributed by atoms with van der Waals surface area (Å²) in [6.07, 6.45) is 0.417. The summed E-state index contributed by atoms with van der Waals surface area (Å²) < 4.78 is 19.6. The average molecular weight is 407 g/mol. The molecule has 1 atom stereocenters. The molecule has 1 fully saturated rings. The molecule has 0 aromatic heterocycles. The fourth-order valence-electron chi connectivity index (χ4n) is 2.77. The van der Waals surface area contributed by atoms with Crippen molar-refractivity contribution in [2.75, 3.05) is 18.6 Å². The zero-order valence-corrected chi connectivity index (χ0v) is 15.0. The average Bonchev–Trinajstić information content (AvgIpc) is 2.96.